The maximum atomic E-state index is 10.7. The Kier molecular flexibility index (Phi) is 4.09. The summed E-state index contributed by atoms with van der Waals surface area (Å²) in [5.41, 5.74) is 0. The van der Waals surface area contributed by atoms with Crippen LogP contribution in [0.3, 0.4) is 0 Å². The molecule has 0 aliphatic rings. The predicted molar refractivity (Wildman–Crippen MR) is 59.0 cm³/mol. The van der Waals surface area contributed by atoms with Crippen LogP contribution in [-0.4, -0.2) is 16.7 Å². The molecule has 0 bridgehead atoms. The minimum atomic E-state index is -0.479. The number of rotatable bonds is 2. The number of nitrogens with zero attached hydrogens (tertiary/aromatic N) is 1. The van der Waals surface area contributed by atoms with Crippen LogP contribution in [0.4, 0.5) is 4.79 Å². The van der Waals surface area contributed by atoms with Gasteiger partial charge in [0, 0.05) is 16.4 Å². The zero-order chi connectivity index (χ0) is 9.84. The Bertz CT molecular complexity index is 304. The molecule has 0 fully saturated rings. The molecule has 2 nitrogen and oxygen atoms in total. The van der Waals surface area contributed by atoms with Gasteiger partial charge in [0.2, 0.25) is 0 Å². The summed E-state index contributed by atoms with van der Waals surface area (Å²) in [5, 5.41) is -0.479. The summed E-state index contributed by atoms with van der Waals surface area (Å²) in [5.74, 6) is 0. The zero-order valence-electron chi connectivity index (χ0n) is 6.83. The number of carbonyl (C=O) groups is 1. The Morgan fingerprint density at radius 2 is 2.00 bits per heavy atom. The van der Waals surface area contributed by atoms with Gasteiger partial charge in [-0.3, -0.25) is 9.10 Å². The molecule has 0 N–H and O–H groups in total. The Morgan fingerprint density at radius 3 is 2.46 bits per heavy atom. The second-order valence-corrected chi connectivity index (χ2v) is 4.74. The molecule has 0 saturated heterocycles. The molecule has 0 saturated carbocycles. The van der Waals surface area contributed by atoms with E-state index in [2.05, 4.69) is 15.9 Å². The van der Waals surface area contributed by atoms with Gasteiger partial charge >= 0.3 is 5.37 Å². The van der Waals surface area contributed by atoms with Gasteiger partial charge < -0.3 is 0 Å². The van der Waals surface area contributed by atoms with Crippen LogP contribution in [0.5, 0.6) is 0 Å². The van der Waals surface area contributed by atoms with Gasteiger partial charge in [0.25, 0.3) is 0 Å². The van der Waals surface area contributed by atoms with E-state index in [1.54, 1.807) is 7.05 Å². The smallest absolute Gasteiger partial charge is 0.272 e. The molecule has 5 heteroatoms. The molecule has 0 heterocycles. The van der Waals surface area contributed by atoms with E-state index >= 15 is 0 Å². The molecule has 0 aliphatic carbocycles. The van der Waals surface area contributed by atoms with Gasteiger partial charge in [-0.15, -0.1) is 0 Å². The second-order valence-electron chi connectivity index (χ2n) is 2.30. The summed E-state index contributed by atoms with van der Waals surface area (Å²) in [6.07, 6.45) is 0. The van der Waals surface area contributed by atoms with Crippen LogP contribution in [0.15, 0.2) is 33.6 Å². The first-order valence-corrected chi connectivity index (χ1v) is 5.41. The van der Waals surface area contributed by atoms with Crippen LogP contribution >= 0.6 is 39.5 Å². The van der Waals surface area contributed by atoms with Crippen molar-refractivity contribution in [2.75, 3.05) is 7.05 Å². The van der Waals surface area contributed by atoms with Crippen molar-refractivity contribution in [2.45, 2.75) is 4.90 Å². The topological polar surface area (TPSA) is 20.3 Å². The van der Waals surface area contributed by atoms with Crippen LogP contribution in [0.2, 0.25) is 0 Å². The molecule has 1 aromatic carbocycles. The average Bonchev–Trinajstić information content (AvgIpc) is 2.08. The van der Waals surface area contributed by atoms with E-state index in [4.69, 9.17) is 11.6 Å². The molecule has 13 heavy (non-hydrogen) atoms. The van der Waals surface area contributed by atoms with Crippen molar-refractivity contribution in [1.29, 1.82) is 0 Å². The van der Waals surface area contributed by atoms with Crippen molar-refractivity contribution in [3.05, 3.63) is 28.7 Å². The Morgan fingerprint density at radius 1 is 1.46 bits per heavy atom. The number of halogens is 2. The van der Waals surface area contributed by atoms with Gasteiger partial charge in [-0.2, -0.15) is 0 Å². The lowest BCUT2D eigenvalue weighted by Crippen LogP contribution is -2.10. The van der Waals surface area contributed by atoms with Crippen LogP contribution in [0.1, 0.15) is 0 Å². The van der Waals surface area contributed by atoms with Crippen LogP contribution < -0.4 is 0 Å². The van der Waals surface area contributed by atoms with Gasteiger partial charge in [0.05, 0.1) is 0 Å². The largest absolute Gasteiger partial charge is 0.326 e. The zero-order valence-corrected chi connectivity index (χ0v) is 9.99. The van der Waals surface area contributed by atoms with E-state index in [0.717, 1.165) is 9.37 Å². The summed E-state index contributed by atoms with van der Waals surface area (Å²) in [4.78, 5) is 11.6. The Labute approximate surface area is 94.5 Å². The fourth-order valence-corrected chi connectivity index (χ4v) is 1.70. The first-order valence-electron chi connectivity index (χ1n) is 3.46. The van der Waals surface area contributed by atoms with Gasteiger partial charge in [0.1, 0.15) is 0 Å². The SMILES string of the molecule is CN(Sc1ccc(Br)cc1)C(=O)Cl. The summed E-state index contributed by atoms with van der Waals surface area (Å²) >= 11 is 9.88. The number of amides is 1. The minimum Gasteiger partial charge on any atom is -0.272 e. The Hall–Kier alpha value is -0.190. The second kappa shape index (κ2) is 4.88. The molecule has 1 rings (SSSR count). The van der Waals surface area contributed by atoms with Gasteiger partial charge in [-0.05, 0) is 47.8 Å². The summed E-state index contributed by atoms with van der Waals surface area (Å²) in [7, 11) is 1.63. The Balaban J connectivity index is 2.64. The standard InChI is InChI=1S/C8H7BrClNOS/c1-11(8(10)12)13-7-4-2-6(9)3-5-7/h2-5H,1H3. The van der Waals surface area contributed by atoms with Crippen molar-refractivity contribution in [3.8, 4) is 0 Å². The quantitative estimate of drug-likeness (QED) is 0.467. The number of hydrogen-bond donors (Lipinski definition) is 0. The van der Waals surface area contributed by atoms with Crippen molar-refractivity contribution in [1.82, 2.24) is 4.31 Å². The molecule has 0 spiro atoms. The fourth-order valence-electron chi connectivity index (χ4n) is 0.689. The highest BCUT2D eigenvalue weighted by Crippen LogP contribution is 2.23. The van der Waals surface area contributed by atoms with E-state index in [9.17, 15) is 4.79 Å². The summed E-state index contributed by atoms with van der Waals surface area (Å²) in [6.45, 7) is 0. The fraction of sp³-hybridized carbons (Fsp3) is 0.125. The normalized spacial score (nSPS) is 9.77. The summed E-state index contributed by atoms with van der Waals surface area (Å²) in [6, 6.07) is 7.64. The van der Waals surface area contributed by atoms with Crippen molar-refractivity contribution in [3.63, 3.8) is 0 Å². The molecular formula is C8H7BrClNOS. The number of carbonyl (C=O) groups excluding carboxylic acids is 1. The highest BCUT2D eigenvalue weighted by atomic mass is 79.9. The van der Waals surface area contributed by atoms with Crippen LogP contribution in [0, 0.1) is 0 Å². The van der Waals surface area contributed by atoms with Crippen LogP contribution in [0.25, 0.3) is 0 Å². The lowest BCUT2D eigenvalue weighted by atomic mass is 10.4. The van der Waals surface area contributed by atoms with Crippen molar-refractivity contribution >= 4 is 44.8 Å². The monoisotopic (exact) mass is 279 g/mol. The third-order valence-electron chi connectivity index (χ3n) is 1.30. The third-order valence-corrected chi connectivity index (χ3v) is 3.11. The molecule has 0 unspecified atom stereocenters. The first kappa shape index (κ1) is 10.9. The van der Waals surface area contributed by atoms with Crippen molar-refractivity contribution in [2.24, 2.45) is 0 Å². The molecule has 0 aromatic heterocycles. The lowest BCUT2D eigenvalue weighted by molar-refractivity contribution is 0.251. The van der Waals surface area contributed by atoms with E-state index in [-0.39, 0.29) is 0 Å². The van der Waals surface area contributed by atoms with E-state index < -0.39 is 5.37 Å². The average molecular weight is 281 g/mol. The predicted octanol–water partition coefficient (Wildman–Crippen LogP) is 3.75. The summed E-state index contributed by atoms with van der Waals surface area (Å²) < 4.78 is 2.38. The van der Waals surface area contributed by atoms with Gasteiger partial charge in [0.15, 0.2) is 0 Å². The lowest BCUT2D eigenvalue weighted by Gasteiger charge is -2.10. The van der Waals surface area contributed by atoms with Crippen LogP contribution in [-0.2, 0) is 0 Å². The van der Waals surface area contributed by atoms with Gasteiger partial charge in [-0.1, -0.05) is 15.9 Å². The maximum Gasteiger partial charge on any atom is 0.326 e. The molecule has 0 aliphatic heterocycles. The molecular weight excluding hydrogens is 274 g/mol. The van der Waals surface area contributed by atoms with E-state index in [1.165, 1.54) is 16.3 Å². The minimum absolute atomic E-state index is 0.479. The van der Waals surface area contributed by atoms with Gasteiger partial charge in [-0.25, -0.2) is 0 Å². The molecule has 1 amide bonds. The molecule has 1 aromatic rings. The van der Waals surface area contributed by atoms with E-state index in [0.29, 0.717) is 0 Å². The maximum absolute atomic E-state index is 10.7. The molecule has 0 atom stereocenters. The highest BCUT2D eigenvalue weighted by molar-refractivity contribution is 9.10. The first-order chi connectivity index (χ1) is 6.09. The highest BCUT2D eigenvalue weighted by Gasteiger charge is 2.05. The molecule has 70 valence electrons. The number of hydrogen-bond acceptors (Lipinski definition) is 2. The molecule has 0 radical (unpaired) electrons. The third kappa shape index (κ3) is 3.58. The van der Waals surface area contributed by atoms with E-state index in [1.807, 2.05) is 24.3 Å². The van der Waals surface area contributed by atoms with Crippen molar-refractivity contribution < 1.29 is 4.79 Å². The number of benzene rings is 1.